The first-order valence-corrected chi connectivity index (χ1v) is 18.7. The molecule has 0 saturated carbocycles. The first kappa shape index (κ1) is 36.3. The molecule has 0 fully saturated rings. The van der Waals surface area contributed by atoms with Crippen molar-refractivity contribution < 1.29 is 35.9 Å². The number of halogens is 3. The van der Waals surface area contributed by atoms with Crippen molar-refractivity contribution in [3.8, 4) is 16.9 Å². The van der Waals surface area contributed by atoms with E-state index in [-0.39, 0.29) is 24.5 Å². The van der Waals surface area contributed by atoms with Crippen LogP contribution in [0.3, 0.4) is 0 Å². The van der Waals surface area contributed by atoms with E-state index >= 15 is 0 Å². The van der Waals surface area contributed by atoms with E-state index in [1.54, 1.807) is 82.0 Å². The van der Waals surface area contributed by atoms with Gasteiger partial charge in [-0.05, 0) is 108 Å². The summed E-state index contributed by atoms with van der Waals surface area (Å²) in [5.41, 5.74) is 1.05. The summed E-state index contributed by atoms with van der Waals surface area (Å²) < 4.78 is 82.6. The minimum atomic E-state index is -4.56. The third-order valence-corrected chi connectivity index (χ3v) is 11.5. The van der Waals surface area contributed by atoms with Gasteiger partial charge in [-0.1, -0.05) is 60.3 Å². The van der Waals surface area contributed by atoms with Gasteiger partial charge < -0.3 is 19.7 Å². The van der Waals surface area contributed by atoms with Gasteiger partial charge in [0.05, 0.1) is 17.6 Å². The van der Waals surface area contributed by atoms with Crippen molar-refractivity contribution in [2.24, 2.45) is 0 Å². The molecule has 0 aromatic heterocycles. The molecule has 2 heterocycles. The van der Waals surface area contributed by atoms with Crippen molar-refractivity contribution in [1.82, 2.24) is 14.5 Å². The van der Waals surface area contributed by atoms with Gasteiger partial charge in [0, 0.05) is 25.8 Å². The van der Waals surface area contributed by atoms with Gasteiger partial charge in [0.15, 0.2) is 0 Å². The molecule has 268 valence electrons. The smallest absolute Gasteiger partial charge is 0.416 e. The molecule has 2 aliphatic rings. The Morgan fingerprint density at radius 1 is 0.980 bits per heavy atom. The number of hydrogen-bond acceptors (Lipinski definition) is 7. The quantitative estimate of drug-likeness (QED) is 0.193. The number of ether oxygens (including phenoxy) is 2. The summed E-state index contributed by atoms with van der Waals surface area (Å²) in [5, 5.41) is 6.20. The summed E-state index contributed by atoms with van der Waals surface area (Å²) in [6, 6.07) is 21.1. The number of sulfonamides is 1. The largest absolute Gasteiger partial charge is 0.497 e. The van der Waals surface area contributed by atoms with Crippen LogP contribution in [0.5, 0.6) is 5.75 Å². The molecule has 0 bridgehead atoms. The number of fused-ring (bicyclic) bond motifs is 1. The molecule has 6 rings (SSSR count). The van der Waals surface area contributed by atoms with E-state index in [1.165, 1.54) is 33.1 Å². The van der Waals surface area contributed by atoms with E-state index < -0.39 is 39.0 Å². The van der Waals surface area contributed by atoms with Gasteiger partial charge >= 0.3 is 12.3 Å². The van der Waals surface area contributed by atoms with Crippen molar-refractivity contribution in [2.75, 3.05) is 20.2 Å². The lowest BCUT2D eigenvalue weighted by Crippen LogP contribution is -2.42. The molecule has 0 spiro atoms. The fourth-order valence-electron chi connectivity index (χ4n) is 6.05. The fourth-order valence-corrected chi connectivity index (χ4v) is 8.63. The summed E-state index contributed by atoms with van der Waals surface area (Å²) in [4.78, 5) is 14.3. The number of benzene rings is 4. The molecule has 1 N–H and O–H groups in total. The van der Waals surface area contributed by atoms with E-state index in [0.717, 1.165) is 17.7 Å². The highest BCUT2D eigenvalue weighted by atomic mass is 32.2. The molecule has 4 aromatic carbocycles. The second kappa shape index (κ2) is 14.3. The number of nitrogens with one attached hydrogen (secondary N) is 1. The molecule has 51 heavy (non-hydrogen) atoms. The lowest BCUT2D eigenvalue weighted by molar-refractivity contribution is -0.137. The number of amides is 1. The third-order valence-electron chi connectivity index (χ3n) is 8.58. The highest BCUT2D eigenvalue weighted by molar-refractivity contribution is 8.03. The van der Waals surface area contributed by atoms with Crippen LogP contribution in [0.4, 0.5) is 18.0 Å². The molecule has 0 aliphatic carbocycles. The van der Waals surface area contributed by atoms with E-state index in [9.17, 15) is 26.4 Å². The molecule has 4 aromatic rings. The van der Waals surface area contributed by atoms with Crippen molar-refractivity contribution in [1.29, 1.82) is 0 Å². The Morgan fingerprint density at radius 2 is 1.75 bits per heavy atom. The van der Waals surface area contributed by atoms with Crippen LogP contribution in [0.2, 0.25) is 0 Å². The number of thioether (sulfide) groups is 1. The molecule has 1 atom stereocenters. The zero-order valence-corrected chi connectivity index (χ0v) is 30.2. The van der Waals surface area contributed by atoms with Crippen LogP contribution in [-0.4, -0.2) is 55.0 Å². The van der Waals surface area contributed by atoms with Gasteiger partial charge in [-0.2, -0.15) is 17.5 Å². The highest BCUT2D eigenvalue weighted by Crippen LogP contribution is 2.41. The molecular formula is C38H38F3N3O5S2. The third kappa shape index (κ3) is 8.05. The number of rotatable bonds is 8. The maximum Gasteiger partial charge on any atom is 0.416 e. The van der Waals surface area contributed by atoms with Gasteiger partial charge in [-0.3, -0.25) is 0 Å². The lowest BCUT2D eigenvalue weighted by atomic mass is 9.88. The molecule has 0 saturated heterocycles. The van der Waals surface area contributed by atoms with E-state index in [4.69, 9.17) is 9.47 Å². The predicted octanol–water partition coefficient (Wildman–Crippen LogP) is 8.84. The molecule has 13 heteroatoms. The first-order chi connectivity index (χ1) is 24.1. The van der Waals surface area contributed by atoms with E-state index in [2.05, 4.69) is 5.32 Å². The van der Waals surface area contributed by atoms with Crippen LogP contribution in [-0.2, 0) is 27.5 Å². The number of methoxy groups -OCH3 is 1. The lowest BCUT2D eigenvalue weighted by Gasteiger charge is -2.30. The van der Waals surface area contributed by atoms with E-state index in [1.807, 2.05) is 18.2 Å². The van der Waals surface area contributed by atoms with Crippen molar-refractivity contribution in [3.63, 3.8) is 0 Å². The number of carbonyl (C=O) groups excluding carboxylic acids is 1. The summed E-state index contributed by atoms with van der Waals surface area (Å²) in [7, 11) is -2.47. The standard InChI is InChI=1S/C38H38F3N3O5S2/c1-37(2,3)49-36(45)43-19-16-26(17-20-43)34-23-28(38(39,40)41)10-14-33(34)32-7-5-6-27-22-30(13-15-31(27)32)51(46,47)44(35-42-18-21-50-35)24-25-8-11-29(48-4)12-9-25/h5-16,18,21-23,35,42H,17,19-20,24H2,1-4H3. The minimum Gasteiger partial charge on any atom is -0.497 e. The maximum absolute atomic E-state index is 14.3. The van der Waals surface area contributed by atoms with Crippen LogP contribution < -0.4 is 10.1 Å². The summed E-state index contributed by atoms with van der Waals surface area (Å²) in [5.74, 6) is 0.660. The van der Waals surface area contributed by atoms with E-state index in [0.29, 0.717) is 45.2 Å². The van der Waals surface area contributed by atoms with Gasteiger partial charge in [0.2, 0.25) is 10.0 Å². The summed E-state index contributed by atoms with van der Waals surface area (Å²) in [6.07, 6.45) is -1.25. The Morgan fingerprint density at radius 3 is 2.37 bits per heavy atom. The normalized spacial score (nSPS) is 16.7. The molecule has 0 radical (unpaired) electrons. The Hall–Kier alpha value is -4.46. The van der Waals surface area contributed by atoms with Gasteiger partial charge in [0.25, 0.3) is 0 Å². The molecule has 8 nitrogen and oxygen atoms in total. The van der Waals surface area contributed by atoms with Gasteiger partial charge in [0.1, 0.15) is 16.8 Å². The topological polar surface area (TPSA) is 88.2 Å². The monoisotopic (exact) mass is 737 g/mol. The van der Waals surface area contributed by atoms with Crippen LogP contribution in [0.1, 0.15) is 43.9 Å². The van der Waals surface area contributed by atoms with Crippen LogP contribution in [0.25, 0.3) is 27.5 Å². The zero-order chi connectivity index (χ0) is 36.6. The van der Waals surface area contributed by atoms with Crippen molar-refractivity contribution in [2.45, 2.75) is 55.9 Å². The minimum absolute atomic E-state index is 0.0832. The Kier molecular flexibility index (Phi) is 10.2. The Bertz CT molecular complexity index is 2100. The Balaban J connectivity index is 1.37. The van der Waals surface area contributed by atoms with Crippen molar-refractivity contribution in [3.05, 3.63) is 113 Å². The average molecular weight is 738 g/mol. The van der Waals surface area contributed by atoms with Crippen LogP contribution >= 0.6 is 11.8 Å². The Labute approximate surface area is 300 Å². The fraction of sp³-hybridized carbons (Fsp3) is 0.289. The molecule has 1 amide bonds. The second-order valence-corrected chi connectivity index (χ2v) is 16.1. The number of hydrogen-bond donors (Lipinski definition) is 1. The van der Waals surface area contributed by atoms with Crippen LogP contribution in [0, 0.1) is 0 Å². The van der Waals surface area contributed by atoms with Gasteiger partial charge in [-0.25, -0.2) is 13.2 Å². The molecule has 1 unspecified atom stereocenters. The number of alkyl halides is 3. The van der Waals surface area contributed by atoms with Gasteiger partial charge in [-0.15, -0.1) is 0 Å². The highest BCUT2D eigenvalue weighted by Gasteiger charge is 2.34. The second-order valence-electron chi connectivity index (χ2n) is 13.2. The predicted molar refractivity (Wildman–Crippen MR) is 194 cm³/mol. The number of nitrogens with zero attached hydrogens (tertiary/aromatic N) is 2. The molecular weight excluding hydrogens is 700 g/mol. The molecule has 2 aliphatic heterocycles. The number of carbonyl (C=O) groups is 1. The maximum atomic E-state index is 14.3. The zero-order valence-electron chi connectivity index (χ0n) is 28.5. The summed E-state index contributed by atoms with van der Waals surface area (Å²) in [6.45, 7) is 5.89. The first-order valence-electron chi connectivity index (χ1n) is 16.3. The van der Waals surface area contributed by atoms with Crippen molar-refractivity contribution >= 4 is 44.2 Å². The average Bonchev–Trinajstić information content (AvgIpc) is 3.64. The van der Waals surface area contributed by atoms with Crippen LogP contribution in [0.15, 0.2) is 101 Å². The SMILES string of the molecule is COc1ccc(CN(C2NC=CS2)S(=O)(=O)c2ccc3c(-c4ccc(C(F)(F)F)cc4C4=CCN(C(=O)OC(C)(C)C)CC4)cccc3c2)cc1. The summed E-state index contributed by atoms with van der Waals surface area (Å²) >= 11 is 1.34.